The highest BCUT2D eigenvalue weighted by Gasteiger charge is 2.59. The number of nitrogens with one attached hydrogen (secondary N) is 1. The van der Waals surface area contributed by atoms with Crippen molar-refractivity contribution in [3.05, 3.63) is 0 Å². The minimum absolute atomic E-state index is 0.113. The van der Waals surface area contributed by atoms with Crippen molar-refractivity contribution in [2.45, 2.75) is 37.0 Å². The van der Waals surface area contributed by atoms with Crippen molar-refractivity contribution < 1.29 is 27.9 Å². The summed E-state index contributed by atoms with van der Waals surface area (Å²) in [6, 6.07) is 0. The lowest BCUT2D eigenvalue weighted by molar-refractivity contribution is -0.188. The monoisotopic (exact) mass is 240 g/mol. The van der Waals surface area contributed by atoms with E-state index in [2.05, 4.69) is 0 Å². The van der Waals surface area contributed by atoms with Crippen molar-refractivity contribution in [2.24, 2.45) is 5.73 Å². The molecule has 1 unspecified atom stereocenters. The van der Waals surface area contributed by atoms with Gasteiger partial charge in [-0.25, -0.2) is 4.79 Å². The summed E-state index contributed by atoms with van der Waals surface area (Å²) in [7, 11) is 0. The molecule has 16 heavy (non-hydrogen) atoms. The number of carbonyl (C=O) groups is 2. The molecule has 8 heteroatoms. The Balaban J connectivity index is 2.77. The molecule has 0 spiro atoms. The summed E-state index contributed by atoms with van der Waals surface area (Å²) in [5.41, 5.74) is 0.191. The molecule has 0 aromatic carbocycles. The fraction of sp³-hybridized carbons (Fsp3) is 0.750. The van der Waals surface area contributed by atoms with Gasteiger partial charge in [-0.2, -0.15) is 13.2 Å². The Bertz CT molecular complexity index is 334. The summed E-state index contributed by atoms with van der Waals surface area (Å²) in [6.07, 6.45) is -4.70. The maximum absolute atomic E-state index is 12.3. The SMILES string of the molecule is CC(N)(C(=O)NC1(C(=O)O)CC1)C(F)(F)F. The van der Waals surface area contributed by atoms with Gasteiger partial charge in [0.15, 0.2) is 5.54 Å². The second-order valence-electron chi connectivity index (χ2n) is 4.04. The second kappa shape index (κ2) is 3.34. The van der Waals surface area contributed by atoms with Crippen LogP contribution in [-0.4, -0.2) is 34.2 Å². The Labute approximate surface area is 88.8 Å². The standard InChI is InChI=1S/C8H11F3N2O3/c1-6(12,8(9,10)11)4(14)13-7(2-3-7)5(15)16/h2-3,12H2,1H3,(H,13,14)(H,15,16). The number of carboxylic acids is 1. The average molecular weight is 240 g/mol. The van der Waals surface area contributed by atoms with E-state index in [1.54, 1.807) is 0 Å². The van der Waals surface area contributed by atoms with Gasteiger partial charge in [-0.05, 0) is 19.8 Å². The van der Waals surface area contributed by atoms with Crippen molar-refractivity contribution in [2.75, 3.05) is 0 Å². The van der Waals surface area contributed by atoms with Crippen LogP contribution in [0.3, 0.4) is 0 Å². The minimum atomic E-state index is -4.92. The highest BCUT2D eigenvalue weighted by molar-refractivity contribution is 5.94. The third-order valence-corrected chi connectivity index (χ3v) is 2.57. The van der Waals surface area contributed by atoms with Crippen molar-refractivity contribution in [3.63, 3.8) is 0 Å². The summed E-state index contributed by atoms with van der Waals surface area (Å²) in [4.78, 5) is 21.9. The maximum atomic E-state index is 12.3. The molecule has 1 saturated carbocycles. The number of hydrogen-bond acceptors (Lipinski definition) is 3. The van der Waals surface area contributed by atoms with E-state index in [1.807, 2.05) is 5.32 Å². The van der Waals surface area contributed by atoms with Gasteiger partial charge in [-0.1, -0.05) is 0 Å². The van der Waals surface area contributed by atoms with Crippen LogP contribution in [0.1, 0.15) is 19.8 Å². The number of rotatable bonds is 3. The van der Waals surface area contributed by atoms with Gasteiger partial charge >= 0.3 is 12.1 Å². The molecule has 0 heterocycles. The van der Waals surface area contributed by atoms with Crippen LogP contribution < -0.4 is 11.1 Å². The van der Waals surface area contributed by atoms with E-state index in [4.69, 9.17) is 10.8 Å². The summed E-state index contributed by atoms with van der Waals surface area (Å²) < 4.78 is 37.0. The number of aliphatic carboxylic acids is 1. The first-order chi connectivity index (χ1) is 7.03. The van der Waals surface area contributed by atoms with E-state index in [-0.39, 0.29) is 12.8 Å². The maximum Gasteiger partial charge on any atom is 0.415 e. The van der Waals surface area contributed by atoms with Crippen molar-refractivity contribution in [1.29, 1.82) is 0 Å². The van der Waals surface area contributed by atoms with Crippen LogP contribution in [-0.2, 0) is 9.59 Å². The quantitative estimate of drug-likeness (QED) is 0.647. The molecule has 4 N–H and O–H groups in total. The number of halogens is 3. The van der Waals surface area contributed by atoms with Gasteiger partial charge in [0, 0.05) is 0 Å². The Kier molecular flexibility index (Phi) is 2.66. The smallest absolute Gasteiger partial charge is 0.415 e. The lowest BCUT2D eigenvalue weighted by Gasteiger charge is -2.27. The molecule has 1 aliphatic rings. The fourth-order valence-corrected chi connectivity index (χ4v) is 0.993. The Morgan fingerprint density at radius 3 is 2.06 bits per heavy atom. The first-order valence-corrected chi connectivity index (χ1v) is 4.44. The van der Waals surface area contributed by atoms with Gasteiger partial charge in [0.1, 0.15) is 5.54 Å². The van der Waals surface area contributed by atoms with Gasteiger partial charge in [-0.15, -0.1) is 0 Å². The van der Waals surface area contributed by atoms with Crippen LogP contribution in [0.15, 0.2) is 0 Å². The van der Waals surface area contributed by atoms with Gasteiger partial charge in [0.25, 0.3) is 0 Å². The number of nitrogens with two attached hydrogens (primary N) is 1. The molecule has 0 radical (unpaired) electrons. The molecular formula is C8H11F3N2O3. The van der Waals surface area contributed by atoms with E-state index >= 15 is 0 Å². The van der Waals surface area contributed by atoms with Crippen LogP contribution in [0.4, 0.5) is 13.2 Å². The third kappa shape index (κ3) is 1.97. The predicted molar refractivity (Wildman–Crippen MR) is 46.4 cm³/mol. The van der Waals surface area contributed by atoms with E-state index in [1.165, 1.54) is 0 Å². The topological polar surface area (TPSA) is 92.4 Å². The normalized spacial score (nSPS) is 22.1. The van der Waals surface area contributed by atoms with E-state index in [0.29, 0.717) is 6.92 Å². The number of alkyl halides is 3. The van der Waals surface area contributed by atoms with Crippen LogP contribution in [0.5, 0.6) is 0 Å². The molecule has 1 aliphatic carbocycles. The minimum Gasteiger partial charge on any atom is -0.480 e. The molecule has 1 atom stereocenters. The highest BCUT2D eigenvalue weighted by Crippen LogP contribution is 2.37. The lowest BCUT2D eigenvalue weighted by Crippen LogP contribution is -2.64. The Hall–Kier alpha value is -1.31. The lowest BCUT2D eigenvalue weighted by atomic mass is 10.0. The number of amides is 1. The molecule has 5 nitrogen and oxygen atoms in total. The zero-order valence-corrected chi connectivity index (χ0v) is 8.39. The first kappa shape index (κ1) is 12.8. The predicted octanol–water partition coefficient (Wildman–Crippen LogP) is -0.000500. The van der Waals surface area contributed by atoms with Crippen LogP contribution in [0.25, 0.3) is 0 Å². The Morgan fingerprint density at radius 2 is 1.81 bits per heavy atom. The first-order valence-electron chi connectivity index (χ1n) is 4.44. The zero-order chi connectivity index (χ0) is 12.8. The van der Waals surface area contributed by atoms with Crippen LogP contribution in [0.2, 0.25) is 0 Å². The Morgan fingerprint density at radius 1 is 1.38 bits per heavy atom. The highest BCUT2D eigenvalue weighted by atomic mass is 19.4. The molecule has 1 rings (SSSR count). The van der Waals surface area contributed by atoms with Gasteiger partial charge < -0.3 is 16.2 Å². The van der Waals surface area contributed by atoms with E-state index in [0.717, 1.165) is 0 Å². The molecular weight excluding hydrogens is 229 g/mol. The molecule has 1 amide bonds. The number of carbonyl (C=O) groups excluding carboxylic acids is 1. The van der Waals surface area contributed by atoms with Gasteiger partial charge in [0.05, 0.1) is 0 Å². The van der Waals surface area contributed by atoms with Crippen LogP contribution >= 0.6 is 0 Å². The molecule has 0 aliphatic heterocycles. The average Bonchev–Trinajstić information content (AvgIpc) is 2.83. The molecule has 0 aromatic heterocycles. The van der Waals surface area contributed by atoms with Crippen molar-refractivity contribution in [1.82, 2.24) is 5.32 Å². The summed E-state index contributed by atoms with van der Waals surface area (Å²) in [5, 5.41) is 10.5. The summed E-state index contributed by atoms with van der Waals surface area (Å²) >= 11 is 0. The van der Waals surface area contributed by atoms with E-state index in [9.17, 15) is 22.8 Å². The molecule has 0 saturated heterocycles. The summed E-state index contributed by atoms with van der Waals surface area (Å²) in [5.74, 6) is -2.88. The van der Waals surface area contributed by atoms with Crippen molar-refractivity contribution in [3.8, 4) is 0 Å². The van der Waals surface area contributed by atoms with Gasteiger partial charge in [0.2, 0.25) is 5.91 Å². The molecule has 0 bridgehead atoms. The number of carboxylic acid groups (broad SMARTS) is 1. The summed E-state index contributed by atoms with van der Waals surface area (Å²) in [6.45, 7) is 0.500. The molecule has 0 aromatic rings. The fourth-order valence-electron chi connectivity index (χ4n) is 0.993. The molecule has 92 valence electrons. The third-order valence-electron chi connectivity index (χ3n) is 2.57. The molecule has 1 fully saturated rings. The second-order valence-corrected chi connectivity index (χ2v) is 4.04. The van der Waals surface area contributed by atoms with Crippen LogP contribution in [0, 0.1) is 0 Å². The number of hydrogen-bond donors (Lipinski definition) is 3. The van der Waals surface area contributed by atoms with Gasteiger partial charge in [-0.3, -0.25) is 4.79 Å². The van der Waals surface area contributed by atoms with Crippen molar-refractivity contribution >= 4 is 11.9 Å². The zero-order valence-electron chi connectivity index (χ0n) is 8.39. The largest absolute Gasteiger partial charge is 0.480 e. The van der Waals surface area contributed by atoms with E-state index < -0.39 is 29.1 Å².